The average molecular weight is 232 g/mol. The fourth-order valence-electron chi connectivity index (χ4n) is 3.49. The van der Waals surface area contributed by atoms with Crippen LogP contribution in [0.1, 0.15) is 36.8 Å². The molecule has 1 unspecified atom stereocenters. The number of aliphatic hydroxyl groups is 1. The van der Waals surface area contributed by atoms with Crippen LogP contribution >= 0.6 is 0 Å². The van der Waals surface area contributed by atoms with E-state index in [2.05, 4.69) is 0 Å². The zero-order valence-corrected chi connectivity index (χ0v) is 9.65. The van der Waals surface area contributed by atoms with Crippen LogP contribution in [-0.2, 0) is 16.8 Å². The summed E-state index contributed by atoms with van der Waals surface area (Å²) in [6.45, 7) is 0. The van der Waals surface area contributed by atoms with E-state index in [-0.39, 0.29) is 0 Å². The smallest absolute Gasteiger partial charge is 0.341 e. The first kappa shape index (κ1) is 10.8. The summed E-state index contributed by atoms with van der Waals surface area (Å²) in [5.41, 5.74) is -0.513. The summed E-state index contributed by atoms with van der Waals surface area (Å²) in [6, 6.07) is 7.40. The van der Waals surface area contributed by atoms with E-state index in [1.165, 1.54) is 0 Å². The molecule has 0 aliphatic heterocycles. The van der Waals surface area contributed by atoms with Crippen LogP contribution in [0.5, 0.6) is 0 Å². The highest BCUT2D eigenvalue weighted by Gasteiger charge is 2.61. The summed E-state index contributed by atoms with van der Waals surface area (Å²) in [5.74, 6) is -1.09. The molecule has 3 heteroatoms. The summed E-state index contributed by atoms with van der Waals surface area (Å²) in [5, 5.41) is 20.3. The molecule has 2 N–H and O–H groups in total. The maximum Gasteiger partial charge on any atom is 0.341 e. The molecule has 3 rings (SSSR count). The number of hydrogen-bond donors (Lipinski definition) is 2. The van der Waals surface area contributed by atoms with E-state index in [1.807, 2.05) is 18.2 Å². The third-order valence-corrected chi connectivity index (χ3v) is 4.67. The van der Waals surface area contributed by atoms with Crippen molar-refractivity contribution in [2.75, 3.05) is 0 Å². The highest BCUT2D eigenvalue weighted by atomic mass is 16.4. The van der Waals surface area contributed by atoms with E-state index in [0.29, 0.717) is 5.56 Å². The zero-order valence-electron chi connectivity index (χ0n) is 9.65. The van der Waals surface area contributed by atoms with Crippen LogP contribution in [0.15, 0.2) is 24.3 Å². The molecule has 1 spiro atoms. The maximum absolute atomic E-state index is 11.6. The molecule has 3 nitrogen and oxygen atoms in total. The molecule has 90 valence electrons. The minimum absolute atomic E-state index is 0.423. The number of carbonyl (C=O) groups is 1. The fourth-order valence-corrected chi connectivity index (χ4v) is 3.49. The van der Waals surface area contributed by atoms with Gasteiger partial charge in [0.1, 0.15) is 0 Å². The predicted molar refractivity (Wildman–Crippen MR) is 62.6 cm³/mol. The Morgan fingerprint density at radius 3 is 2.47 bits per heavy atom. The molecule has 1 atom stereocenters. The molecule has 17 heavy (non-hydrogen) atoms. The van der Waals surface area contributed by atoms with Crippen LogP contribution in [0, 0.1) is 5.41 Å². The van der Waals surface area contributed by atoms with E-state index in [1.54, 1.807) is 6.07 Å². The molecule has 0 saturated heterocycles. The number of benzene rings is 1. The lowest BCUT2D eigenvalue weighted by molar-refractivity contribution is -0.194. The van der Waals surface area contributed by atoms with Crippen LogP contribution in [0.2, 0.25) is 0 Å². The summed E-state index contributed by atoms with van der Waals surface area (Å²) in [7, 11) is 0. The molecule has 1 saturated carbocycles. The monoisotopic (exact) mass is 232 g/mol. The third kappa shape index (κ3) is 1.18. The summed E-state index contributed by atoms with van der Waals surface area (Å²) >= 11 is 0. The van der Waals surface area contributed by atoms with Crippen molar-refractivity contribution >= 4 is 5.97 Å². The molecule has 0 heterocycles. The van der Waals surface area contributed by atoms with Gasteiger partial charge in [0, 0.05) is 5.41 Å². The van der Waals surface area contributed by atoms with Crippen molar-refractivity contribution in [3.63, 3.8) is 0 Å². The molecule has 1 fully saturated rings. The Bertz CT molecular complexity index is 476. The number of carboxylic acid groups (broad SMARTS) is 1. The fraction of sp³-hybridized carbons (Fsp3) is 0.500. The van der Waals surface area contributed by atoms with Crippen molar-refractivity contribution in [2.24, 2.45) is 5.41 Å². The lowest BCUT2D eigenvalue weighted by atomic mass is 9.51. The lowest BCUT2D eigenvalue weighted by Gasteiger charge is -2.54. The van der Waals surface area contributed by atoms with Gasteiger partial charge in [-0.1, -0.05) is 30.7 Å². The van der Waals surface area contributed by atoms with Crippen molar-refractivity contribution in [1.82, 2.24) is 0 Å². The van der Waals surface area contributed by atoms with Crippen LogP contribution in [0.25, 0.3) is 0 Å². The maximum atomic E-state index is 11.6. The molecule has 1 aromatic rings. The second-order valence-electron chi connectivity index (χ2n) is 5.31. The molecular formula is C14H16O3. The zero-order chi connectivity index (χ0) is 12.1. The molecule has 2 aliphatic carbocycles. The molecule has 0 bridgehead atoms. The van der Waals surface area contributed by atoms with Gasteiger partial charge in [-0.2, -0.15) is 0 Å². The molecule has 1 aromatic carbocycles. The van der Waals surface area contributed by atoms with Crippen LogP contribution in [0.3, 0.4) is 0 Å². The van der Waals surface area contributed by atoms with Crippen molar-refractivity contribution < 1.29 is 15.0 Å². The van der Waals surface area contributed by atoms with Gasteiger partial charge in [0.2, 0.25) is 0 Å². The van der Waals surface area contributed by atoms with E-state index in [9.17, 15) is 15.0 Å². The molecular weight excluding hydrogens is 216 g/mol. The standard InChI is InChI=1S/C14H16O3/c15-12(16)14(17)11-5-2-1-4-10(11)6-9-13(14)7-3-8-13/h1-2,4-5,17H,3,6-9H2,(H,15,16). The van der Waals surface area contributed by atoms with Gasteiger partial charge >= 0.3 is 5.97 Å². The largest absolute Gasteiger partial charge is 0.479 e. The highest BCUT2D eigenvalue weighted by molar-refractivity contribution is 5.81. The van der Waals surface area contributed by atoms with Gasteiger partial charge in [-0.05, 0) is 36.8 Å². The second kappa shape index (κ2) is 3.33. The Kier molecular flexibility index (Phi) is 2.11. The van der Waals surface area contributed by atoms with Gasteiger partial charge in [0.15, 0.2) is 5.60 Å². The minimum Gasteiger partial charge on any atom is -0.479 e. The predicted octanol–water partition coefficient (Wildman–Crippen LogP) is 2.08. The van der Waals surface area contributed by atoms with Crippen molar-refractivity contribution in [2.45, 2.75) is 37.7 Å². The summed E-state index contributed by atoms with van der Waals surface area (Å²) in [6.07, 6.45) is 4.34. The Morgan fingerprint density at radius 1 is 1.18 bits per heavy atom. The lowest BCUT2D eigenvalue weighted by Crippen LogP contribution is -2.57. The topological polar surface area (TPSA) is 57.5 Å². The Balaban J connectivity index is 2.20. The molecule has 2 aliphatic rings. The Hall–Kier alpha value is -1.35. The van der Waals surface area contributed by atoms with E-state index < -0.39 is 17.0 Å². The first-order chi connectivity index (χ1) is 8.10. The number of rotatable bonds is 1. The van der Waals surface area contributed by atoms with Gasteiger partial charge in [0.05, 0.1) is 0 Å². The van der Waals surface area contributed by atoms with Crippen molar-refractivity contribution in [3.05, 3.63) is 35.4 Å². The number of hydrogen-bond acceptors (Lipinski definition) is 2. The molecule has 0 radical (unpaired) electrons. The first-order valence-electron chi connectivity index (χ1n) is 6.14. The normalized spacial score (nSPS) is 29.5. The van der Waals surface area contributed by atoms with E-state index >= 15 is 0 Å². The van der Waals surface area contributed by atoms with Crippen molar-refractivity contribution in [1.29, 1.82) is 0 Å². The van der Waals surface area contributed by atoms with Crippen LogP contribution in [0.4, 0.5) is 0 Å². The summed E-state index contributed by atoms with van der Waals surface area (Å²) < 4.78 is 0. The highest BCUT2D eigenvalue weighted by Crippen LogP contribution is 2.59. The Labute approximate surface area is 100 Å². The second-order valence-corrected chi connectivity index (χ2v) is 5.31. The summed E-state index contributed by atoms with van der Waals surface area (Å²) in [4.78, 5) is 11.6. The van der Waals surface area contributed by atoms with Crippen molar-refractivity contribution in [3.8, 4) is 0 Å². The minimum atomic E-state index is -1.68. The van der Waals surface area contributed by atoms with E-state index in [0.717, 1.165) is 37.7 Å². The third-order valence-electron chi connectivity index (χ3n) is 4.67. The van der Waals surface area contributed by atoms with Gasteiger partial charge in [-0.3, -0.25) is 0 Å². The molecule has 0 amide bonds. The first-order valence-corrected chi connectivity index (χ1v) is 6.14. The Morgan fingerprint density at radius 2 is 1.88 bits per heavy atom. The van der Waals surface area contributed by atoms with E-state index in [4.69, 9.17) is 0 Å². The SMILES string of the molecule is O=C(O)C1(O)c2ccccc2CCC12CCC2. The van der Waals surface area contributed by atoms with Gasteiger partial charge in [0.25, 0.3) is 0 Å². The average Bonchev–Trinajstić information content (AvgIpc) is 2.27. The van der Waals surface area contributed by atoms with Gasteiger partial charge in [-0.25, -0.2) is 4.79 Å². The number of carboxylic acids is 1. The van der Waals surface area contributed by atoms with Crippen LogP contribution in [-0.4, -0.2) is 16.2 Å². The number of fused-ring (bicyclic) bond motifs is 1. The van der Waals surface area contributed by atoms with Crippen LogP contribution < -0.4 is 0 Å². The van der Waals surface area contributed by atoms with Gasteiger partial charge in [-0.15, -0.1) is 0 Å². The van der Waals surface area contributed by atoms with Gasteiger partial charge < -0.3 is 10.2 Å². The number of aliphatic carboxylic acids is 1. The quantitative estimate of drug-likeness (QED) is 0.779. The number of aryl methyl sites for hydroxylation is 1. The molecule has 0 aromatic heterocycles.